The van der Waals surface area contributed by atoms with E-state index in [2.05, 4.69) is 11.4 Å². The predicted molar refractivity (Wildman–Crippen MR) is 11.0 cm³/mol. The summed E-state index contributed by atoms with van der Waals surface area (Å²) in [5, 5.41) is 0. The Morgan fingerprint density at radius 2 is 2.25 bits per heavy atom. The van der Waals surface area contributed by atoms with Crippen molar-refractivity contribution in [3.8, 4) is 12.5 Å². The topological polar surface area (TPSA) is 9.23 Å². The highest BCUT2D eigenvalue weighted by Gasteiger charge is 1.43. The average Bonchev–Trinajstić information content (AvgIpc) is 1.37. The molecule has 0 unspecified atom stereocenters. The van der Waals surface area contributed by atoms with Gasteiger partial charge in [0.1, 0.15) is 0 Å². The normalized spacial score (nSPS) is 4.00. The van der Waals surface area contributed by atoms with E-state index in [1.165, 1.54) is 6.11 Å². The average molecular weight is 60.0 g/mol. The monoisotopic (exact) mass is 60.0 g/mol. The molecule has 0 aromatic heterocycles. The Morgan fingerprint density at radius 1 is 2.00 bits per heavy atom. The van der Waals surface area contributed by atoms with Crippen molar-refractivity contribution < 1.29 is 9.47 Å². The summed E-state index contributed by atoms with van der Waals surface area (Å²) in [4.78, 5) is 2.57. The van der Waals surface area contributed by atoms with Gasteiger partial charge >= 0.3 is 0 Å². The molecule has 0 aliphatic rings. The van der Waals surface area contributed by atoms with Gasteiger partial charge in [-0.2, -0.15) is 0 Å². The minimum Gasteiger partial charge on any atom is -0.239 e. The first-order valence-corrected chi connectivity index (χ1v) is 0.647. The molecule has 0 saturated heterocycles. The van der Waals surface area contributed by atoms with E-state index in [4.69, 9.17) is 0 Å². The second-order valence-electron chi connectivity index (χ2n) is 0.195. The highest BCUT2D eigenvalue weighted by Crippen LogP contribution is 1.56. The van der Waals surface area contributed by atoms with Gasteiger partial charge in [0.2, 0.25) is 0 Å². The molecular formula is C2HFO. The lowest BCUT2D eigenvalue weighted by atomic mass is 11.3. The summed E-state index contributed by atoms with van der Waals surface area (Å²) in [5.41, 5.74) is 0. The standard InChI is InChI=1S/C2HFO/c1-2-4-3/h1H. The molecule has 0 aromatic carbocycles. The SMILES string of the molecule is C#COF. The van der Waals surface area contributed by atoms with E-state index in [0.717, 1.165) is 0 Å². The Hall–Kier alpha value is -0.710. The Bertz CT molecular complexity index is 35.8. The molecule has 0 saturated carbocycles. The van der Waals surface area contributed by atoms with Gasteiger partial charge in [0, 0.05) is 4.53 Å². The molecular weight excluding hydrogens is 59.0 g/mol. The smallest absolute Gasteiger partial charge is 0.160 e. The molecule has 22 valence electrons. The highest BCUT2D eigenvalue weighted by atomic mass is 19.3. The first-order chi connectivity index (χ1) is 1.91. The third kappa shape index (κ3) is 1.29. The van der Waals surface area contributed by atoms with Crippen LogP contribution in [0.2, 0.25) is 0 Å². The van der Waals surface area contributed by atoms with Crippen LogP contribution < -0.4 is 0 Å². The zero-order valence-corrected chi connectivity index (χ0v) is 1.86. The summed E-state index contributed by atoms with van der Waals surface area (Å²) in [5.74, 6) is 0. The highest BCUT2D eigenvalue weighted by molar-refractivity contribution is 4.64. The van der Waals surface area contributed by atoms with Crippen LogP contribution in [0.5, 0.6) is 0 Å². The van der Waals surface area contributed by atoms with Gasteiger partial charge in [-0.1, -0.05) is 6.42 Å². The fourth-order valence-electron chi connectivity index (χ4n) is 0. The van der Waals surface area contributed by atoms with Crippen molar-refractivity contribution >= 4 is 0 Å². The van der Waals surface area contributed by atoms with Crippen LogP contribution in [0.1, 0.15) is 0 Å². The minimum absolute atomic E-state index is 1.26. The van der Waals surface area contributed by atoms with E-state index in [1.54, 1.807) is 0 Å². The molecule has 0 atom stereocenters. The summed E-state index contributed by atoms with van der Waals surface area (Å²) < 4.78 is 9.99. The maximum Gasteiger partial charge on any atom is 0.160 e. The summed E-state index contributed by atoms with van der Waals surface area (Å²) in [7, 11) is 0. The molecule has 1 nitrogen and oxygen atoms in total. The molecule has 0 radical (unpaired) electrons. The number of terminal acetylenes is 1. The summed E-state index contributed by atoms with van der Waals surface area (Å²) >= 11 is 0. The molecule has 0 aromatic rings. The fraction of sp³-hybridized carbons (Fsp3) is 0. The third-order valence-corrected chi connectivity index (χ3v) is 0.0445. The summed E-state index contributed by atoms with van der Waals surface area (Å²) in [6.45, 7) is 0. The lowest BCUT2D eigenvalue weighted by Crippen LogP contribution is -1.44. The quantitative estimate of drug-likeness (QED) is 0.369. The van der Waals surface area contributed by atoms with E-state index in [1.807, 2.05) is 0 Å². The van der Waals surface area contributed by atoms with E-state index in [0.29, 0.717) is 0 Å². The molecule has 0 fully saturated rings. The zero-order chi connectivity index (χ0) is 3.41. The number of hydrogen-bond donors (Lipinski definition) is 0. The molecule has 4 heavy (non-hydrogen) atoms. The van der Waals surface area contributed by atoms with Crippen LogP contribution in [0.4, 0.5) is 4.53 Å². The van der Waals surface area contributed by atoms with Crippen molar-refractivity contribution in [2.24, 2.45) is 0 Å². The zero-order valence-electron chi connectivity index (χ0n) is 1.86. The minimum atomic E-state index is 1.26. The van der Waals surface area contributed by atoms with E-state index < -0.39 is 0 Å². The van der Waals surface area contributed by atoms with Crippen molar-refractivity contribution in [1.82, 2.24) is 0 Å². The largest absolute Gasteiger partial charge is 0.239 e. The van der Waals surface area contributed by atoms with Crippen molar-refractivity contribution in [3.05, 3.63) is 0 Å². The molecule has 0 rings (SSSR count). The summed E-state index contributed by atoms with van der Waals surface area (Å²) in [6.07, 6.45) is 5.44. The van der Waals surface area contributed by atoms with Crippen LogP contribution >= 0.6 is 0 Å². The third-order valence-electron chi connectivity index (χ3n) is 0.0445. The van der Waals surface area contributed by atoms with Crippen LogP contribution in [0.15, 0.2) is 0 Å². The van der Waals surface area contributed by atoms with Crippen LogP contribution in [0.25, 0.3) is 0 Å². The fourth-order valence-corrected chi connectivity index (χ4v) is 0. The number of halogens is 1. The molecule has 2 heteroatoms. The van der Waals surface area contributed by atoms with Crippen molar-refractivity contribution in [3.63, 3.8) is 0 Å². The van der Waals surface area contributed by atoms with Gasteiger partial charge in [0.05, 0.1) is 0 Å². The predicted octanol–water partition coefficient (Wildman–Crippen LogP) is 0.478. The van der Waals surface area contributed by atoms with Gasteiger partial charge in [0.25, 0.3) is 0 Å². The lowest BCUT2D eigenvalue weighted by molar-refractivity contribution is -0.0432. The van der Waals surface area contributed by atoms with Gasteiger partial charge in [0.15, 0.2) is 6.11 Å². The maximum absolute atomic E-state index is 9.99. The van der Waals surface area contributed by atoms with Gasteiger partial charge in [-0.25, -0.2) is 4.94 Å². The van der Waals surface area contributed by atoms with Gasteiger partial charge in [-0.05, 0) is 0 Å². The molecule has 0 aliphatic heterocycles. The molecule has 0 heterocycles. The molecule has 0 spiro atoms. The molecule has 0 N–H and O–H groups in total. The van der Waals surface area contributed by atoms with E-state index in [-0.39, 0.29) is 0 Å². The van der Waals surface area contributed by atoms with Crippen LogP contribution in [0.3, 0.4) is 0 Å². The molecule has 0 aliphatic carbocycles. The Labute approximate surface area is 23.3 Å². The Balaban J connectivity index is 2.43. The molecule has 0 amide bonds. The van der Waals surface area contributed by atoms with Gasteiger partial charge in [-0.15, -0.1) is 0 Å². The van der Waals surface area contributed by atoms with Crippen LogP contribution in [-0.4, -0.2) is 0 Å². The van der Waals surface area contributed by atoms with Crippen molar-refractivity contribution in [2.75, 3.05) is 0 Å². The van der Waals surface area contributed by atoms with Crippen LogP contribution in [-0.2, 0) is 4.94 Å². The van der Waals surface area contributed by atoms with Crippen molar-refractivity contribution in [1.29, 1.82) is 0 Å². The van der Waals surface area contributed by atoms with Gasteiger partial charge < -0.3 is 0 Å². The number of rotatable bonds is 0. The molecule has 0 bridgehead atoms. The second-order valence-corrected chi connectivity index (χ2v) is 0.195. The Kier molecular flexibility index (Phi) is 1.88. The Morgan fingerprint density at radius 3 is 2.25 bits per heavy atom. The maximum atomic E-state index is 9.99. The lowest BCUT2D eigenvalue weighted by Gasteiger charge is -1.55. The van der Waals surface area contributed by atoms with E-state index in [9.17, 15) is 4.53 Å². The summed E-state index contributed by atoms with van der Waals surface area (Å²) in [6, 6.07) is 0. The van der Waals surface area contributed by atoms with Gasteiger partial charge in [-0.3, -0.25) is 0 Å². The first-order valence-electron chi connectivity index (χ1n) is 0.647. The first kappa shape index (κ1) is 3.29. The van der Waals surface area contributed by atoms with E-state index >= 15 is 0 Å². The number of hydrogen-bond acceptors (Lipinski definition) is 1. The van der Waals surface area contributed by atoms with Crippen LogP contribution in [0, 0.1) is 12.5 Å². The second kappa shape index (κ2) is 2.29. The van der Waals surface area contributed by atoms with Crippen molar-refractivity contribution in [2.45, 2.75) is 0 Å².